The number of rotatable bonds is 9. The third kappa shape index (κ3) is 7.13. The number of benzene rings is 1. The Kier molecular flexibility index (Phi) is 7.92. The Hall–Kier alpha value is -1.88. The molecule has 1 unspecified atom stereocenters. The first-order valence-corrected chi connectivity index (χ1v) is 8.34. The van der Waals surface area contributed by atoms with Crippen LogP contribution in [0.4, 0.5) is 0 Å². The average molecular weight is 335 g/mol. The fourth-order valence-corrected chi connectivity index (χ4v) is 2.44. The van der Waals surface area contributed by atoms with E-state index in [9.17, 15) is 9.59 Å². The molecule has 24 heavy (non-hydrogen) atoms. The van der Waals surface area contributed by atoms with Gasteiger partial charge in [-0.3, -0.25) is 9.59 Å². The maximum absolute atomic E-state index is 12.1. The Balaban J connectivity index is 2.74. The molecule has 0 aliphatic heterocycles. The number of carbonyl (C=O) groups excluding carboxylic acids is 1. The highest BCUT2D eigenvalue weighted by Crippen LogP contribution is 2.25. The van der Waals surface area contributed by atoms with Crippen molar-refractivity contribution in [2.75, 3.05) is 13.7 Å². The Morgan fingerprint density at radius 3 is 2.29 bits per heavy atom. The second-order valence-corrected chi connectivity index (χ2v) is 7.04. The Bertz CT molecular complexity index is 531. The lowest BCUT2D eigenvalue weighted by Gasteiger charge is -2.22. The molecule has 1 aromatic carbocycles. The Labute approximate surface area is 144 Å². The van der Waals surface area contributed by atoms with E-state index in [1.807, 2.05) is 24.3 Å². The second-order valence-electron chi connectivity index (χ2n) is 7.04. The van der Waals surface area contributed by atoms with Gasteiger partial charge in [-0.25, -0.2) is 0 Å². The number of hydrogen-bond donors (Lipinski definition) is 2. The number of methoxy groups -OCH3 is 1. The number of carboxylic acid groups (broad SMARTS) is 1. The molecule has 1 amide bonds. The van der Waals surface area contributed by atoms with Crippen molar-refractivity contribution in [3.05, 3.63) is 35.4 Å². The topological polar surface area (TPSA) is 75.6 Å². The van der Waals surface area contributed by atoms with Crippen molar-refractivity contribution < 1.29 is 19.4 Å². The molecule has 0 fully saturated rings. The maximum atomic E-state index is 12.1. The van der Waals surface area contributed by atoms with Crippen molar-refractivity contribution in [1.82, 2.24) is 5.32 Å². The molecule has 2 N–H and O–H groups in total. The lowest BCUT2D eigenvalue weighted by Crippen LogP contribution is -2.30. The fraction of sp³-hybridized carbons (Fsp3) is 0.579. The number of carbonyl (C=O) groups is 2. The van der Waals surface area contributed by atoms with Crippen LogP contribution in [-0.4, -0.2) is 30.7 Å². The SMILES string of the molecule is COCCCCC(=O)NC(CC(=O)O)c1ccc(C(C)(C)C)cc1. The van der Waals surface area contributed by atoms with Gasteiger partial charge in [0.05, 0.1) is 12.5 Å². The van der Waals surface area contributed by atoms with Crippen LogP contribution in [0.15, 0.2) is 24.3 Å². The largest absolute Gasteiger partial charge is 0.481 e. The zero-order valence-electron chi connectivity index (χ0n) is 15.1. The van der Waals surface area contributed by atoms with Gasteiger partial charge in [-0.1, -0.05) is 45.0 Å². The molecule has 1 rings (SSSR count). The summed E-state index contributed by atoms with van der Waals surface area (Å²) in [5, 5.41) is 12.0. The zero-order chi connectivity index (χ0) is 18.2. The van der Waals surface area contributed by atoms with Crippen LogP contribution in [0.3, 0.4) is 0 Å². The Morgan fingerprint density at radius 1 is 1.17 bits per heavy atom. The summed E-state index contributed by atoms with van der Waals surface area (Å²) < 4.78 is 4.96. The second kappa shape index (κ2) is 9.42. The van der Waals surface area contributed by atoms with E-state index < -0.39 is 12.0 Å². The maximum Gasteiger partial charge on any atom is 0.305 e. The predicted octanol–water partition coefficient (Wildman–Crippen LogP) is 3.43. The lowest BCUT2D eigenvalue weighted by atomic mass is 9.86. The van der Waals surface area contributed by atoms with Gasteiger partial charge in [0, 0.05) is 20.1 Å². The molecule has 0 heterocycles. The summed E-state index contributed by atoms with van der Waals surface area (Å²) in [4.78, 5) is 23.2. The van der Waals surface area contributed by atoms with E-state index in [0.717, 1.165) is 18.4 Å². The van der Waals surface area contributed by atoms with Crippen molar-refractivity contribution >= 4 is 11.9 Å². The quantitative estimate of drug-likeness (QED) is 0.678. The van der Waals surface area contributed by atoms with Crippen molar-refractivity contribution in [2.24, 2.45) is 0 Å². The molecule has 0 aromatic heterocycles. The van der Waals surface area contributed by atoms with Gasteiger partial charge in [0.25, 0.3) is 0 Å². The van der Waals surface area contributed by atoms with E-state index in [0.29, 0.717) is 13.0 Å². The van der Waals surface area contributed by atoms with Gasteiger partial charge in [-0.15, -0.1) is 0 Å². The number of ether oxygens (including phenoxy) is 1. The van der Waals surface area contributed by atoms with Crippen LogP contribution in [0.2, 0.25) is 0 Å². The van der Waals surface area contributed by atoms with E-state index in [4.69, 9.17) is 9.84 Å². The van der Waals surface area contributed by atoms with Crippen LogP contribution < -0.4 is 5.32 Å². The monoisotopic (exact) mass is 335 g/mol. The van der Waals surface area contributed by atoms with E-state index >= 15 is 0 Å². The fourth-order valence-electron chi connectivity index (χ4n) is 2.44. The summed E-state index contributed by atoms with van der Waals surface area (Å²) in [7, 11) is 1.63. The molecule has 0 bridgehead atoms. The molecular formula is C19H29NO4. The molecule has 1 atom stereocenters. The highest BCUT2D eigenvalue weighted by Gasteiger charge is 2.19. The number of nitrogens with one attached hydrogen (secondary N) is 1. The summed E-state index contributed by atoms with van der Waals surface area (Å²) in [5.41, 5.74) is 2.02. The minimum absolute atomic E-state index is 0.0332. The molecule has 0 radical (unpaired) electrons. The van der Waals surface area contributed by atoms with Crippen molar-refractivity contribution in [3.63, 3.8) is 0 Å². The minimum atomic E-state index is -0.931. The van der Waals surface area contributed by atoms with Crippen molar-refractivity contribution in [3.8, 4) is 0 Å². The van der Waals surface area contributed by atoms with E-state index in [2.05, 4.69) is 26.1 Å². The molecular weight excluding hydrogens is 306 g/mol. The van der Waals surface area contributed by atoms with Gasteiger partial charge in [0.2, 0.25) is 5.91 Å². The summed E-state index contributed by atoms with van der Waals surface area (Å²) in [6.45, 7) is 7.00. The molecule has 0 aliphatic rings. The van der Waals surface area contributed by atoms with Gasteiger partial charge < -0.3 is 15.2 Å². The zero-order valence-corrected chi connectivity index (χ0v) is 15.1. The number of amides is 1. The normalized spacial score (nSPS) is 12.7. The first-order valence-electron chi connectivity index (χ1n) is 8.34. The Morgan fingerprint density at radius 2 is 1.79 bits per heavy atom. The highest BCUT2D eigenvalue weighted by molar-refractivity contribution is 5.77. The van der Waals surface area contributed by atoms with Crippen LogP contribution in [0, 0.1) is 0 Å². The van der Waals surface area contributed by atoms with Crippen LogP contribution in [0.1, 0.15) is 63.6 Å². The van der Waals surface area contributed by atoms with Gasteiger partial charge in [0.15, 0.2) is 0 Å². The predicted molar refractivity (Wildman–Crippen MR) is 94.0 cm³/mol. The smallest absolute Gasteiger partial charge is 0.305 e. The van der Waals surface area contributed by atoms with Crippen LogP contribution >= 0.6 is 0 Å². The molecule has 134 valence electrons. The van der Waals surface area contributed by atoms with Crippen molar-refractivity contribution in [2.45, 2.75) is 57.9 Å². The summed E-state index contributed by atoms with van der Waals surface area (Å²) in [5.74, 6) is -1.06. The molecule has 5 nitrogen and oxygen atoms in total. The van der Waals surface area contributed by atoms with Gasteiger partial charge in [-0.05, 0) is 29.4 Å². The summed E-state index contributed by atoms with van der Waals surface area (Å²) in [6.07, 6.45) is 1.79. The molecule has 0 saturated heterocycles. The third-order valence-corrected chi connectivity index (χ3v) is 3.90. The molecule has 0 saturated carbocycles. The van der Waals surface area contributed by atoms with Crippen LogP contribution in [-0.2, 0) is 19.7 Å². The third-order valence-electron chi connectivity index (χ3n) is 3.90. The molecule has 0 aliphatic carbocycles. The highest BCUT2D eigenvalue weighted by atomic mass is 16.5. The lowest BCUT2D eigenvalue weighted by molar-refractivity contribution is -0.137. The number of unbranched alkanes of at least 4 members (excludes halogenated alkanes) is 1. The van der Waals surface area contributed by atoms with Gasteiger partial charge in [0.1, 0.15) is 0 Å². The van der Waals surface area contributed by atoms with E-state index in [-0.39, 0.29) is 17.7 Å². The van der Waals surface area contributed by atoms with Crippen LogP contribution in [0.5, 0.6) is 0 Å². The van der Waals surface area contributed by atoms with Gasteiger partial charge >= 0.3 is 5.97 Å². The van der Waals surface area contributed by atoms with Crippen LogP contribution in [0.25, 0.3) is 0 Å². The summed E-state index contributed by atoms with van der Waals surface area (Å²) >= 11 is 0. The number of carboxylic acids is 1. The first kappa shape index (κ1) is 20.2. The molecule has 1 aromatic rings. The van der Waals surface area contributed by atoms with Crippen molar-refractivity contribution in [1.29, 1.82) is 0 Å². The average Bonchev–Trinajstić information content (AvgIpc) is 2.50. The van der Waals surface area contributed by atoms with E-state index in [1.165, 1.54) is 5.56 Å². The summed E-state index contributed by atoms with van der Waals surface area (Å²) in [6, 6.07) is 7.29. The standard InChI is InChI=1S/C19H29NO4/c1-19(2,3)15-10-8-14(9-11-15)16(13-18(22)23)20-17(21)7-5-6-12-24-4/h8-11,16H,5-7,12-13H2,1-4H3,(H,20,21)(H,22,23). The first-order chi connectivity index (χ1) is 11.2. The molecule has 5 heteroatoms. The molecule has 0 spiro atoms. The van der Waals surface area contributed by atoms with Gasteiger partial charge in [-0.2, -0.15) is 0 Å². The van der Waals surface area contributed by atoms with E-state index in [1.54, 1.807) is 7.11 Å². The minimum Gasteiger partial charge on any atom is -0.481 e. The number of aliphatic carboxylic acids is 1. The number of hydrogen-bond acceptors (Lipinski definition) is 3.